The zero-order chi connectivity index (χ0) is 15.2. The molecule has 0 bridgehead atoms. The summed E-state index contributed by atoms with van der Waals surface area (Å²) in [6, 6.07) is 14.8. The molecule has 2 aromatic rings. The van der Waals surface area contributed by atoms with Crippen LogP contribution in [0.4, 0.5) is 0 Å². The van der Waals surface area contributed by atoms with Gasteiger partial charge >= 0.3 is 0 Å². The number of ketones is 1. The fourth-order valence-electron chi connectivity index (χ4n) is 4.26. The van der Waals surface area contributed by atoms with Crippen molar-refractivity contribution in [3.05, 3.63) is 70.3 Å². The molecular formula is C20H21NO. The molecule has 1 aliphatic carbocycles. The van der Waals surface area contributed by atoms with E-state index in [9.17, 15) is 4.79 Å². The first-order chi connectivity index (χ1) is 10.7. The number of hydrogen-bond acceptors (Lipinski definition) is 2. The van der Waals surface area contributed by atoms with E-state index in [1.54, 1.807) is 0 Å². The van der Waals surface area contributed by atoms with Crippen LogP contribution in [0.3, 0.4) is 0 Å². The van der Waals surface area contributed by atoms with Gasteiger partial charge in [-0.3, -0.25) is 4.79 Å². The van der Waals surface area contributed by atoms with Crippen molar-refractivity contribution in [3.63, 3.8) is 0 Å². The molecule has 0 amide bonds. The van der Waals surface area contributed by atoms with Crippen LogP contribution < -0.4 is 5.32 Å². The molecule has 2 heteroatoms. The Hall–Kier alpha value is -1.93. The topological polar surface area (TPSA) is 29.1 Å². The van der Waals surface area contributed by atoms with Crippen molar-refractivity contribution >= 4 is 5.78 Å². The molecule has 0 saturated carbocycles. The lowest BCUT2D eigenvalue weighted by atomic mass is 9.68. The van der Waals surface area contributed by atoms with Crippen molar-refractivity contribution in [2.75, 3.05) is 13.1 Å². The van der Waals surface area contributed by atoms with Gasteiger partial charge in [-0.2, -0.15) is 0 Å². The molecule has 0 unspecified atom stereocenters. The maximum absolute atomic E-state index is 13.6. The number of rotatable bonds is 0. The van der Waals surface area contributed by atoms with Gasteiger partial charge in [0.1, 0.15) is 0 Å². The fraction of sp³-hybridized carbons (Fsp3) is 0.350. The van der Waals surface area contributed by atoms with Crippen molar-refractivity contribution in [3.8, 4) is 0 Å². The highest BCUT2D eigenvalue weighted by atomic mass is 16.1. The molecular weight excluding hydrogens is 270 g/mol. The fourth-order valence-corrected chi connectivity index (χ4v) is 4.26. The summed E-state index contributed by atoms with van der Waals surface area (Å²) in [5.41, 5.74) is 5.53. The lowest BCUT2D eigenvalue weighted by molar-refractivity contribution is 0.0847. The Morgan fingerprint density at radius 3 is 2.50 bits per heavy atom. The smallest absolute Gasteiger partial charge is 0.174 e. The second-order valence-electron chi connectivity index (χ2n) is 6.60. The van der Waals surface area contributed by atoms with Crippen molar-refractivity contribution < 1.29 is 4.79 Å². The number of aryl methyl sites for hydroxylation is 1. The largest absolute Gasteiger partial charge is 0.317 e. The third kappa shape index (κ3) is 1.87. The van der Waals surface area contributed by atoms with Gasteiger partial charge in [-0.15, -0.1) is 0 Å². The summed E-state index contributed by atoms with van der Waals surface area (Å²) in [6.07, 6.45) is 2.67. The van der Waals surface area contributed by atoms with Crippen LogP contribution >= 0.6 is 0 Å². The van der Waals surface area contributed by atoms with E-state index in [2.05, 4.69) is 54.7 Å². The normalized spacial score (nSPS) is 19.4. The van der Waals surface area contributed by atoms with E-state index in [-0.39, 0.29) is 5.41 Å². The van der Waals surface area contributed by atoms with Crippen molar-refractivity contribution in [1.82, 2.24) is 5.32 Å². The van der Waals surface area contributed by atoms with E-state index in [4.69, 9.17) is 0 Å². The molecule has 0 atom stereocenters. The lowest BCUT2D eigenvalue weighted by Gasteiger charge is -2.37. The quantitative estimate of drug-likeness (QED) is 0.806. The van der Waals surface area contributed by atoms with Gasteiger partial charge in [-0.05, 0) is 61.5 Å². The lowest BCUT2D eigenvalue weighted by Crippen LogP contribution is -2.45. The molecule has 2 aromatic carbocycles. The Balaban J connectivity index is 2.01. The molecule has 4 rings (SSSR count). The minimum absolute atomic E-state index is 0.334. The molecule has 2 nitrogen and oxygen atoms in total. The maximum atomic E-state index is 13.6. The number of fused-ring (bicyclic) bond motifs is 3. The van der Waals surface area contributed by atoms with Crippen molar-refractivity contribution in [2.45, 2.75) is 31.6 Å². The minimum atomic E-state index is -0.334. The third-order valence-corrected chi connectivity index (χ3v) is 5.39. The summed E-state index contributed by atoms with van der Waals surface area (Å²) in [7, 11) is 0. The molecule has 22 heavy (non-hydrogen) atoms. The van der Waals surface area contributed by atoms with E-state index in [1.165, 1.54) is 16.7 Å². The van der Waals surface area contributed by atoms with Crippen LogP contribution in [0.2, 0.25) is 0 Å². The van der Waals surface area contributed by atoms with Crippen LogP contribution in [0.25, 0.3) is 0 Å². The van der Waals surface area contributed by atoms with Crippen molar-refractivity contribution in [1.29, 1.82) is 0 Å². The number of Topliss-reactive ketones (excluding diaryl/α,β-unsaturated/α-hetero) is 1. The second-order valence-corrected chi connectivity index (χ2v) is 6.60. The van der Waals surface area contributed by atoms with Crippen LogP contribution in [-0.4, -0.2) is 18.9 Å². The van der Waals surface area contributed by atoms with E-state index in [0.717, 1.165) is 43.5 Å². The van der Waals surface area contributed by atoms with Crippen LogP contribution in [0.15, 0.2) is 42.5 Å². The highest BCUT2D eigenvalue weighted by molar-refractivity contribution is 6.07. The molecule has 1 fully saturated rings. The predicted octanol–water partition coefficient (Wildman–Crippen LogP) is 3.40. The van der Waals surface area contributed by atoms with Gasteiger partial charge in [0.25, 0.3) is 0 Å². The van der Waals surface area contributed by atoms with Gasteiger partial charge in [0.2, 0.25) is 0 Å². The Kier molecular flexibility index (Phi) is 3.16. The second kappa shape index (κ2) is 5.06. The predicted molar refractivity (Wildman–Crippen MR) is 88.5 cm³/mol. The minimum Gasteiger partial charge on any atom is -0.317 e. The van der Waals surface area contributed by atoms with Gasteiger partial charge in [0.15, 0.2) is 5.78 Å². The number of carbonyl (C=O) groups is 1. The van der Waals surface area contributed by atoms with E-state index in [1.807, 2.05) is 0 Å². The Morgan fingerprint density at radius 1 is 0.955 bits per heavy atom. The highest BCUT2D eigenvalue weighted by Crippen LogP contribution is 2.43. The summed E-state index contributed by atoms with van der Waals surface area (Å²) in [5.74, 6) is 0.340. The SMILES string of the molecule is Cc1cccc2c1C(=O)C1(CCNCC1)c1ccccc1C2. The summed E-state index contributed by atoms with van der Waals surface area (Å²) in [6.45, 7) is 3.91. The number of hydrogen-bond donors (Lipinski definition) is 1. The summed E-state index contributed by atoms with van der Waals surface area (Å²) in [5, 5.41) is 3.41. The number of nitrogens with one attached hydrogen (secondary N) is 1. The molecule has 0 radical (unpaired) electrons. The number of carbonyl (C=O) groups excluding carboxylic acids is 1. The van der Waals surface area contributed by atoms with Gasteiger partial charge in [0.05, 0.1) is 5.41 Å². The number of benzene rings is 2. The van der Waals surface area contributed by atoms with Gasteiger partial charge in [0, 0.05) is 5.56 Å². The summed E-state index contributed by atoms with van der Waals surface area (Å²) >= 11 is 0. The van der Waals surface area contributed by atoms with Crippen LogP contribution in [0.5, 0.6) is 0 Å². The monoisotopic (exact) mass is 291 g/mol. The maximum Gasteiger partial charge on any atom is 0.174 e. The van der Waals surface area contributed by atoms with E-state index < -0.39 is 0 Å². The summed E-state index contributed by atoms with van der Waals surface area (Å²) in [4.78, 5) is 13.6. The average Bonchev–Trinajstić information content (AvgIpc) is 2.64. The molecule has 1 saturated heterocycles. The first-order valence-electron chi connectivity index (χ1n) is 8.15. The standard InChI is InChI=1S/C20H21NO/c1-14-5-4-7-16-13-15-6-2-3-8-17(15)20(19(22)18(14)16)9-11-21-12-10-20/h2-8,21H,9-13H2,1H3. The zero-order valence-corrected chi connectivity index (χ0v) is 13.0. The molecule has 112 valence electrons. The average molecular weight is 291 g/mol. The zero-order valence-electron chi connectivity index (χ0n) is 13.0. The van der Waals surface area contributed by atoms with Crippen LogP contribution in [-0.2, 0) is 11.8 Å². The molecule has 1 heterocycles. The Morgan fingerprint density at radius 2 is 1.68 bits per heavy atom. The van der Waals surface area contributed by atoms with Crippen LogP contribution in [0, 0.1) is 6.92 Å². The molecule has 1 aliphatic heterocycles. The first-order valence-corrected chi connectivity index (χ1v) is 8.15. The highest BCUT2D eigenvalue weighted by Gasteiger charge is 2.45. The molecule has 1 spiro atoms. The van der Waals surface area contributed by atoms with Gasteiger partial charge in [-0.25, -0.2) is 0 Å². The van der Waals surface area contributed by atoms with Gasteiger partial charge in [-0.1, -0.05) is 42.5 Å². The van der Waals surface area contributed by atoms with E-state index >= 15 is 0 Å². The van der Waals surface area contributed by atoms with Crippen LogP contribution in [0.1, 0.15) is 45.5 Å². The van der Waals surface area contributed by atoms with Gasteiger partial charge < -0.3 is 5.32 Å². The number of piperidine rings is 1. The Bertz CT molecular complexity index is 741. The Labute approximate surface area is 131 Å². The molecule has 1 N–H and O–H groups in total. The molecule has 2 aliphatic rings. The van der Waals surface area contributed by atoms with E-state index in [0.29, 0.717) is 5.78 Å². The first kappa shape index (κ1) is 13.7. The third-order valence-electron chi connectivity index (χ3n) is 5.39. The molecule has 0 aromatic heterocycles. The van der Waals surface area contributed by atoms with Crippen molar-refractivity contribution in [2.24, 2.45) is 0 Å². The summed E-state index contributed by atoms with van der Waals surface area (Å²) < 4.78 is 0.